The van der Waals surface area contributed by atoms with Gasteiger partial charge in [-0.1, -0.05) is 28.1 Å². The molecule has 0 radical (unpaired) electrons. The highest BCUT2D eigenvalue weighted by Gasteiger charge is 2.31. The quantitative estimate of drug-likeness (QED) is 0.911. The van der Waals surface area contributed by atoms with Crippen LogP contribution >= 0.6 is 15.9 Å². The minimum absolute atomic E-state index is 0.123. The van der Waals surface area contributed by atoms with Crippen LogP contribution in [0.15, 0.2) is 28.7 Å². The first-order valence-electron chi connectivity index (χ1n) is 5.29. The van der Waals surface area contributed by atoms with Crippen molar-refractivity contribution in [1.29, 1.82) is 0 Å². The molecule has 82 valence electrons. The zero-order valence-electron chi connectivity index (χ0n) is 8.86. The van der Waals surface area contributed by atoms with Crippen LogP contribution in [0, 0.1) is 0 Å². The fraction of sp³-hybridized carbons (Fsp3) is 0.500. The van der Waals surface area contributed by atoms with E-state index >= 15 is 0 Å². The van der Waals surface area contributed by atoms with Crippen LogP contribution in [0.25, 0.3) is 0 Å². The molecule has 2 rings (SSSR count). The third kappa shape index (κ3) is 2.60. The van der Waals surface area contributed by atoms with Crippen molar-refractivity contribution in [1.82, 2.24) is 4.90 Å². The molecular formula is C12H16BrNO. The second-order valence-electron chi connectivity index (χ2n) is 4.26. The van der Waals surface area contributed by atoms with Gasteiger partial charge in [-0.3, -0.25) is 4.90 Å². The summed E-state index contributed by atoms with van der Waals surface area (Å²) in [6.07, 6.45) is 1.95. The Kier molecular flexibility index (Phi) is 3.44. The summed E-state index contributed by atoms with van der Waals surface area (Å²) in [7, 11) is 2.08. The van der Waals surface area contributed by atoms with Crippen molar-refractivity contribution >= 4 is 15.9 Å². The Hall–Kier alpha value is -0.380. The van der Waals surface area contributed by atoms with Gasteiger partial charge in [0.05, 0.1) is 6.10 Å². The van der Waals surface area contributed by atoms with Gasteiger partial charge in [-0.2, -0.15) is 0 Å². The van der Waals surface area contributed by atoms with Crippen LogP contribution in [0.1, 0.15) is 18.4 Å². The predicted molar refractivity (Wildman–Crippen MR) is 64.6 cm³/mol. The fourth-order valence-corrected chi connectivity index (χ4v) is 2.47. The number of likely N-dealkylation sites (N-methyl/N-ethyl adjacent to an activating group) is 1. The van der Waals surface area contributed by atoms with E-state index in [1.807, 2.05) is 12.1 Å². The number of nitrogens with zero attached hydrogens (tertiary/aromatic N) is 1. The standard InChI is InChI=1S/C12H16BrNO/c1-14(11-5-6-12(11)15)8-9-3-2-4-10(13)7-9/h2-4,7,11-12,15H,5-6,8H2,1H3. The van der Waals surface area contributed by atoms with E-state index in [0.717, 1.165) is 23.9 Å². The summed E-state index contributed by atoms with van der Waals surface area (Å²) in [6, 6.07) is 8.67. The van der Waals surface area contributed by atoms with Gasteiger partial charge in [0, 0.05) is 17.1 Å². The van der Waals surface area contributed by atoms with E-state index in [2.05, 4.69) is 40.0 Å². The molecule has 0 saturated heterocycles. The summed E-state index contributed by atoms with van der Waals surface area (Å²) >= 11 is 3.46. The molecule has 15 heavy (non-hydrogen) atoms. The number of aliphatic hydroxyl groups excluding tert-OH is 1. The summed E-state index contributed by atoms with van der Waals surface area (Å²) < 4.78 is 1.11. The lowest BCUT2D eigenvalue weighted by Gasteiger charge is -2.39. The molecule has 2 unspecified atom stereocenters. The van der Waals surface area contributed by atoms with Gasteiger partial charge < -0.3 is 5.11 Å². The largest absolute Gasteiger partial charge is 0.391 e. The molecular weight excluding hydrogens is 254 g/mol. The summed E-state index contributed by atoms with van der Waals surface area (Å²) in [6.45, 7) is 0.904. The number of rotatable bonds is 3. The number of hydrogen-bond acceptors (Lipinski definition) is 2. The van der Waals surface area contributed by atoms with Crippen molar-refractivity contribution in [2.24, 2.45) is 0 Å². The van der Waals surface area contributed by atoms with Crippen LogP contribution in [0.4, 0.5) is 0 Å². The minimum atomic E-state index is -0.123. The number of benzene rings is 1. The van der Waals surface area contributed by atoms with Crippen molar-refractivity contribution in [3.63, 3.8) is 0 Å². The minimum Gasteiger partial charge on any atom is -0.391 e. The summed E-state index contributed by atoms with van der Waals surface area (Å²) in [5.74, 6) is 0. The van der Waals surface area contributed by atoms with Crippen molar-refractivity contribution in [2.45, 2.75) is 31.5 Å². The van der Waals surface area contributed by atoms with E-state index in [1.54, 1.807) is 0 Å². The Morgan fingerprint density at radius 1 is 1.47 bits per heavy atom. The van der Waals surface area contributed by atoms with Gasteiger partial charge in [0.25, 0.3) is 0 Å². The van der Waals surface area contributed by atoms with Crippen LogP contribution in [-0.4, -0.2) is 29.2 Å². The molecule has 1 aromatic carbocycles. The Morgan fingerprint density at radius 2 is 2.27 bits per heavy atom. The molecule has 1 saturated carbocycles. The lowest BCUT2D eigenvalue weighted by Crippen LogP contribution is -2.48. The second-order valence-corrected chi connectivity index (χ2v) is 5.17. The van der Waals surface area contributed by atoms with Gasteiger partial charge >= 0.3 is 0 Å². The van der Waals surface area contributed by atoms with Crippen molar-refractivity contribution in [3.05, 3.63) is 34.3 Å². The van der Waals surface area contributed by atoms with E-state index in [4.69, 9.17) is 0 Å². The first-order valence-corrected chi connectivity index (χ1v) is 6.09. The van der Waals surface area contributed by atoms with Gasteiger partial charge in [0.1, 0.15) is 0 Å². The molecule has 0 aromatic heterocycles. The zero-order valence-corrected chi connectivity index (χ0v) is 10.4. The molecule has 2 nitrogen and oxygen atoms in total. The van der Waals surface area contributed by atoms with Gasteiger partial charge in [-0.25, -0.2) is 0 Å². The maximum absolute atomic E-state index is 9.56. The van der Waals surface area contributed by atoms with Crippen LogP contribution in [0.5, 0.6) is 0 Å². The average molecular weight is 270 g/mol. The van der Waals surface area contributed by atoms with Crippen molar-refractivity contribution in [3.8, 4) is 0 Å². The maximum atomic E-state index is 9.56. The van der Waals surface area contributed by atoms with Crippen LogP contribution in [0.2, 0.25) is 0 Å². The first-order chi connectivity index (χ1) is 7.16. The summed E-state index contributed by atoms with van der Waals surface area (Å²) in [4.78, 5) is 2.23. The molecule has 1 aliphatic carbocycles. The zero-order chi connectivity index (χ0) is 10.8. The normalized spacial score (nSPS) is 25.3. The first kappa shape index (κ1) is 11.1. The van der Waals surface area contributed by atoms with Crippen LogP contribution in [-0.2, 0) is 6.54 Å². The fourth-order valence-electron chi connectivity index (χ4n) is 2.02. The third-order valence-electron chi connectivity index (χ3n) is 3.09. The van der Waals surface area contributed by atoms with Gasteiger partial charge in [0.15, 0.2) is 0 Å². The smallest absolute Gasteiger partial charge is 0.0696 e. The molecule has 0 aliphatic heterocycles. The van der Waals surface area contributed by atoms with E-state index in [0.29, 0.717) is 6.04 Å². The van der Waals surface area contributed by atoms with Crippen LogP contribution < -0.4 is 0 Å². The monoisotopic (exact) mass is 269 g/mol. The molecule has 1 aliphatic rings. The van der Waals surface area contributed by atoms with Gasteiger partial charge in [0.2, 0.25) is 0 Å². The molecule has 2 atom stereocenters. The van der Waals surface area contributed by atoms with E-state index in [1.165, 1.54) is 5.56 Å². The Balaban J connectivity index is 1.96. The predicted octanol–water partition coefficient (Wildman–Crippen LogP) is 2.40. The number of hydrogen-bond donors (Lipinski definition) is 1. The molecule has 1 fully saturated rings. The Bertz CT molecular complexity index is 342. The molecule has 1 aromatic rings. The van der Waals surface area contributed by atoms with Crippen molar-refractivity contribution in [2.75, 3.05) is 7.05 Å². The molecule has 0 heterocycles. The molecule has 0 bridgehead atoms. The number of halogens is 1. The van der Waals surface area contributed by atoms with Gasteiger partial charge in [-0.05, 0) is 37.6 Å². The molecule has 3 heteroatoms. The summed E-state index contributed by atoms with van der Waals surface area (Å²) in [5.41, 5.74) is 1.28. The summed E-state index contributed by atoms with van der Waals surface area (Å²) in [5, 5.41) is 9.56. The van der Waals surface area contributed by atoms with Crippen molar-refractivity contribution < 1.29 is 5.11 Å². The van der Waals surface area contributed by atoms with E-state index in [9.17, 15) is 5.11 Å². The molecule has 0 amide bonds. The maximum Gasteiger partial charge on any atom is 0.0696 e. The Labute approximate surface area is 99.0 Å². The van der Waals surface area contributed by atoms with E-state index in [-0.39, 0.29) is 6.10 Å². The lowest BCUT2D eigenvalue weighted by atomic mass is 9.88. The Morgan fingerprint density at radius 3 is 2.80 bits per heavy atom. The third-order valence-corrected chi connectivity index (χ3v) is 3.58. The van der Waals surface area contributed by atoms with Gasteiger partial charge in [-0.15, -0.1) is 0 Å². The SMILES string of the molecule is CN(Cc1cccc(Br)c1)C1CCC1O. The topological polar surface area (TPSA) is 23.5 Å². The molecule has 1 N–H and O–H groups in total. The lowest BCUT2D eigenvalue weighted by molar-refractivity contribution is -0.0130. The highest BCUT2D eigenvalue weighted by atomic mass is 79.9. The van der Waals surface area contributed by atoms with E-state index < -0.39 is 0 Å². The van der Waals surface area contributed by atoms with Crippen LogP contribution in [0.3, 0.4) is 0 Å². The highest BCUT2D eigenvalue weighted by molar-refractivity contribution is 9.10. The second kappa shape index (κ2) is 4.64. The highest BCUT2D eigenvalue weighted by Crippen LogP contribution is 2.26. The average Bonchev–Trinajstić information content (AvgIpc) is 2.15. The number of aliphatic hydroxyl groups is 1. The molecule has 0 spiro atoms.